The maximum absolute atomic E-state index is 11.9. The number of hydrogen-bond acceptors (Lipinski definition) is 3. The highest BCUT2D eigenvalue weighted by Gasteiger charge is 2.15. The van der Waals surface area contributed by atoms with Crippen LogP contribution < -0.4 is 10.6 Å². The van der Waals surface area contributed by atoms with E-state index in [9.17, 15) is 9.59 Å². The number of nitriles is 1. The van der Waals surface area contributed by atoms with Gasteiger partial charge in [0.05, 0.1) is 11.6 Å². The third-order valence-corrected chi connectivity index (χ3v) is 3.38. The first-order valence-corrected chi connectivity index (χ1v) is 6.76. The molecule has 0 aromatic heterocycles. The Labute approximate surface area is 132 Å². The number of carbonyl (C=O) groups is 2. The quantitative estimate of drug-likeness (QED) is 0.836. The van der Waals surface area contributed by atoms with Crippen molar-refractivity contribution in [3.8, 4) is 6.07 Å². The smallest absolute Gasteiger partial charge is 0.314 e. The average Bonchev–Trinajstić information content (AvgIpc) is 2.52. The molecule has 0 fully saturated rings. The summed E-state index contributed by atoms with van der Waals surface area (Å²) in [6.07, 6.45) is 0. The Bertz CT molecular complexity index is 781. The standard InChI is InChI=1S/C16H12ClN3O2/c1-10-13(17)6-3-7-14(10)20-16(22)15(21)19-12-5-2-4-11(8-12)9-18/h2-8H,1H3,(H,19,21)(H,20,22). The van der Waals surface area contributed by atoms with Crippen molar-refractivity contribution in [1.82, 2.24) is 0 Å². The number of nitrogens with one attached hydrogen (secondary N) is 2. The van der Waals surface area contributed by atoms with Gasteiger partial charge in [0.25, 0.3) is 0 Å². The summed E-state index contributed by atoms with van der Waals surface area (Å²) in [4.78, 5) is 23.8. The first-order valence-electron chi connectivity index (χ1n) is 6.39. The summed E-state index contributed by atoms with van der Waals surface area (Å²) >= 11 is 5.96. The molecule has 110 valence electrons. The van der Waals surface area contributed by atoms with E-state index in [1.807, 2.05) is 6.07 Å². The van der Waals surface area contributed by atoms with Crippen LogP contribution in [0.2, 0.25) is 5.02 Å². The Morgan fingerprint density at radius 2 is 1.77 bits per heavy atom. The van der Waals surface area contributed by atoms with E-state index < -0.39 is 11.8 Å². The van der Waals surface area contributed by atoms with Gasteiger partial charge in [-0.25, -0.2) is 0 Å². The average molecular weight is 314 g/mol. The summed E-state index contributed by atoms with van der Waals surface area (Å²) in [5.41, 5.74) is 1.92. The van der Waals surface area contributed by atoms with E-state index in [-0.39, 0.29) is 0 Å². The number of hydrogen-bond donors (Lipinski definition) is 2. The fourth-order valence-corrected chi connectivity index (χ4v) is 1.95. The molecule has 0 aliphatic rings. The predicted molar refractivity (Wildman–Crippen MR) is 84.6 cm³/mol. The van der Waals surface area contributed by atoms with E-state index in [1.165, 1.54) is 6.07 Å². The molecule has 5 nitrogen and oxygen atoms in total. The van der Waals surface area contributed by atoms with Crippen LogP contribution in [0.5, 0.6) is 0 Å². The topological polar surface area (TPSA) is 82.0 Å². The van der Waals surface area contributed by atoms with Crippen molar-refractivity contribution >= 4 is 34.8 Å². The van der Waals surface area contributed by atoms with Gasteiger partial charge in [-0.15, -0.1) is 0 Å². The summed E-state index contributed by atoms with van der Waals surface area (Å²) < 4.78 is 0. The molecule has 0 aliphatic carbocycles. The van der Waals surface area contributed by atoms with Crippen molar-refractivity contribution in [1.29, 1.82) is 5.26 Å². The number of anilines is 2. The molecule has 22 heavy (non-hydrogen) atoms. The molecule has 0 heterocycles. The van der Waals surface area contributed by atoms with E-state index >= 15 is 0 Å². The fraction of sp³-hybridized carbons (Fsp3) is 0.0625. The van der Waals surface area contributed by atoms with Crippen LogP contribution in [0.25, 0.3) is 0 Å². The molecule has 0 unspecified atom stereocenters. The third kappa shape index (κ3) is 3.62. The molecule has 2 amide bonds. The minimum Gasteiger partial charge on any atom is -0.318 e. The van der Waals surface area contributed by atoms with Crippen LogP contribution in [0.15, 0.2) is 42.5 Å². The second-order valence-electron chi connectivity index (χ2n) is 4.51. The summed E-state index contributed by atoms with van der Waals surface area (Å²) in [5, 5.41) is 14.2. The van der Waals surface area contributed by atoms with Crippen LogP contribution in [-0.4, -0.2) is 11.8 Å². The molecule has 0 spiro atoms. The van der Waals surface area contributed by atoms with E-state index in [0.717, 1.165) is 0 Å². The van der Waals surface area contributed by atoms with Crippen LogP contribution in [0, 0.1) is 18.3 Å². The van der Waals surface area contributed by atoms with Crippen LogP contribution >= 0.6 is 11.6 Å². The maximum atomic E-state index is 11.9. The molecule has 0 aliphatic heterocycles. The zero-order valence-corrected chi connectivity index (χ0v) is 12.4. The lowest BCUT2D eigenvalue weighted by atomic mass is 10.2. The van der Waals surface area contributed by atoms with Crippen LogP contribution in [0.3, 0.4) is 0 Å². The Morgan fingerprint density at radius 3 is 2.50 bits per heavy atom. The van der Waals surface area contributed by atoms with Crippen LogP contribution in [0.1, 0.15) is 11.1 Å². The van der Waals surface area contributed by atoms with Gasteiger partial charge in [-0.2, -0.15) is 5.26 Å². The highest BCUT2D eigenvalue weighted by atomic mass is 35.5. The number of benzene rings is 2. The van der Waals surface area contributed by atoms with Crippen molar-refractivity contribution in [3.63, 3.8) is 0 Å². The molecule has 2 aromatic carbocycles. The first kappa shape index (κ1) is 15.5. The van der Waals surface area contributed by atoms with Crippen molar-refractivity contribution in [2.45, 2.75) is 6.92 Å². The third-order valence-electron chi connectivity index (χ3n) is 2.97. The van der Waals surface area contributed by atoms with Gasteiger partial charge in [-0.3, -0.25) is 9.59 Å². The summed E-state index contributed by atoms with van der Waals surface area (Å²) in [5.74, 6) is -1.64. The van der Waals surface area contributed by atoms with E-state index in [2.05, 4.69) is 10.6 Å². The molecule has 0 atom stereocenters. The largest absolute Gasteiger partial charge is 0.318 e. The van der Waals surface area contributed by atoms with Crippen molar-refractivity contribution in [2.75, 3.05) is 10.6 Å². The van der Waals surface area contributed by atoms with E-state index in [1.54, 1.807) is 43.3 Å². The zero-order valence-electron chi connectivity index (χ0n) is 11.7. The number of halogens is 1. The lowest BCUT2D eigenvalue weighted by Gasteiger charge is -2.09. The highest BCUT2D eigenvalue weighted by molar-refractivity contribution is 6.44. The van der Waals surface area contributed by atoms with Gasteiger partial charge in [-0.1, -0.05) is 23.7 Å². The number of nitrogens with zero attached hydrogens (tertiary/aromatic N) is 1. The molecule has 2 N–H and O–H groups in total. The lowest BCUT2D eigenvalue weighted by molar-refractivity contribution is -0.133. The minimum atomic E-state index is -0.825. The highest BCUT2D eigenvalue weighted by Crippen LogP contribution is 2.22. The summed E-state index contributed by atoms with van der Waals surface area (Å²) in [6.45, 7) is 1.74. The second-order valence-corrected chi connectivity index (χ2v) is 4.92. The lowest BCUT2D eigenvalue weighted by Crippen LogP contribution is -2.29. The Kier molecular flexibility index (Phi) is 4.77. The molecule has 0 saturated heterocycles. The molecule has 2 aromatic rings. The zero-order chi connectivity index (χ0) is 16.1. The Morgan fingerprint density at radius 1 is 1.09 bits per heavy atom. The Balaban J connectivity index is 2.08. The number of amides is 2. The van der Waals surface area contributed by atoms with Gasteiger partial charge in [-0.05, 0) is 42.8 Å². The SMILES string of the molecule is Cc1c(Cl)cccc1NC(=O)C(=O)Nc1cccc(C#N)c1. The van der Waals surface area contributed by atoms with Crippen molar-refractivity contribution in [3.05, 3.63) is 58.6 Å². The van der Waals surface area contributed by atoms with Gasteiger partial charge in [0.1, 0.15) is 0 Å². The van der Waals surface area contributed by atoms with Gasteiger partial charge in [0.2, 0.25) is 0 Å². The normalized spacial score (nSPS) is 9.68. The fourth-order valence-electron chi connectivity index (χ4n) is 1.78. The monoisotopic (exact) mass is 313 g/mol. The minimum absolute atomic E-state index is 0.377. The second kappa shape index (κ2) is 6.74. The molecule has 0 bridgehead atoms. The molecule has 0 radical (unpaired) electrons. The summed E-state index contributed by atoms with van der Waals surface area (Å²) in [6, 6.07) is 13.3. The molecular formula is C16H12ClN3O2. The first-order chi connectivity index (χ1) is 10.5. The van der Waals surface area contributed by atoms with Gasteiger partial charge in [0.15, 0.2) is 0 Å². The van der Waals surface area contributed by atoms with Gasteiger partial charge < -0.3 is 10.6 Å². The van der Waals surface area contributed by atoms with Crippen molar-refractivity contribution in [2.24, 2.45) is 0 Å². The molecular weight excluding hydrogens is 302 g/mol. The number of rotatable bonds is 2. The van der Waals surface area contributed by atoms with E-state index in [0.29, 0.717) is 27.5 Å². The van der Waals surface area contributed by atoms with Crippen molar-refractivity contribution < 1.29 is 9.59 Å². The Hall–Kier alpha value is -2.84. The molecule has 2 rings (SSSR count). The molecule has 0 saturated carbocycles. The van der Waals surface area contributed by atoms with E-state index in [4.69, 9.17) is 16.9 Å². The molecule has 6 heteroatoms. The summed E-state index contributed by atoms with van der Waals surface area (Å²) in [7, 11) is 0. The maximum Gasteiger partial charge on any atom is 0.314 e. The van der Waals surface area contributed by atoms with Gasteiger partial charge in [0, 0.05) is 16.4 Å². The number of carbonyl (C=O) groups excluding carboxylic acids is 2. The van der Waals surface area contributed by atoms with Crippen LogP contribution in [0.4, 0.5) is 11.4 Å². The van der Waals surface area contributed by atoms with Crippen LogP contribution in [-0.2, 0) is 9.59 Å². The predicted octanol–water partition coefficient (Wildman–Crippen LogP) is 3.10. The van der Waals surface area contributed by atoms with Gasteiger partial charge >= 0.3 is 11.8 Å².